The topological polar surface area (TPSA) is 47.1 Å². The van der Waals surface area contributed by atoms with Crippen LogP contribution in [-0.2, 0) is 4.79 Å². The number of Topliss-reactive ketones (excluding diaryl/α,β-unsaturated/α-hetero) is 1. The second kappa shape index (κ2) is 9.52. The van der Waals surface area contributed by atoms with Crippen LogP contribution in [0.1, 0.15) is 37.6 Å². The average molecular weight is 387 g/mol. The normalized spacial score (nSPS) is 20.2. The molecule has 2 heterocycles. The molecule has 0 radical (unpaired) electrons. The molecule has 3 rings (SSSR count). The van der Waals surface area contributed by atoms with Crippen LogP contribution in [0.15, 0.2) is 24.3 Å². The Morgan fingerprint density at radius 3 is 2.07 bits per heavy atom. The second-order valence-corrected chi connectivity index (χ2v) is 8.04. The van der Waals surface area contributed by atoms with E-state index in [0.717, 1.165) is 70.0 Å². The van der Waals surface area contributed by atoms with E-state index in [-0.39, 0.29) is 11.7 Å². The standard InChI is InChI=1S/C22H34N4O2/c1-4-18(2)24-13-15-26(16-14-24)22(28)17-23-9-11-25(12-10-23)21-7-5-20(6-8-21)19(3)27/h5-8,18H,4,9-17H2,1-3H3. The number of hydrogen-bond acceptors (Lipinski definition) is 5. The molecule has 0 bridgehead atoms. The van der Waals surface area contributed by atoms with E-state index >= 15 is 0 Å². The van der Waals surface area contributed by atoms with Crippen molar-refractivity contribution in [2.75, 3.05) is 63.8 Å². The highest BCUT2D eigenvalue weighted by molar-refractivity contribution is 5.94. The van der Waals surface area contributed by atoms with Crippen molar-refractivity contribution in [3.63, 3.8) is 0 Å². The molecular formula is C22H34N4O2. The van der Waals surface area contributed by atoms with Crippen LogP contribution in [0.4, 0.5) is 5.69 Å². The number of ketones is 1. The summed E-state index contributed by atoms with van der Waals surface area (Å²) in [6.45, 7) is 13.9. The Bertz CT molecular complexity index is 660. The average Bonchev–Trinajstić information content (AvgIpc) is 2.74. The van der Waals surface area contributed by atoms with E-state index in [1.165, 1.54) is 0 Å². The van der Waals surface area contributed by atoms with E-state index in [2.05, 4.69) is 28.5 Å². The van der Waals surface area contributed by atoms with Gasteiger partial charge < -0.3 is 9.80 Å². The molecule has 0 aliphatic carbocycles. The molecule has 0 N–H and O–H groups in total. The predicted molar refractivity (Wildman–Crippen MR) is 113 cm³/mol. The lowest BCUT2D eigenvalue weighted by atomic mass is 10.1. The largest absolute Gasteiger partial charge is 0.369 e. The SMILES string of the molecule is CCC(C)N1CCN(C(=O)CN2CCN(c3ccc(C(C)=O)cc3)CC2)CC1. The first-order valence-electron chi connectivity index (χ1n) is 10.6. The lowest BCUT2D eigenvalue weighted by Crippen LogP contribution is -2.55. The minimum atomic E-state index is 0.0971. The fourth-order valence-corrected chi connectivity index (χ4v) is 4.03. The third-order valence-electron chi connectivity index (χ3n) is 6.25. The van der Waals surface area contributed by atoms with E-state index in [1.807, 2.05) is 29.2 Å². The summed E-state index contributed by atoms with van der Waals surface area (Å²) >= 11 is 0. The Labute approximate surface area is 169 Å². The van der Waals surface area contributed by atoms with Crippen molar-refractivity contribution in [2.45, 2.75) is 33.2 Å². The Balaban J connectivity index is 1.43. The fourth-order valence-electron chi connectivity index (χ4n) is 4.03. The van der Waals surface area contributed by atoms with Gasteiger partial charge in [-0.3, -0.25) is 19.4 Å². The van der Waals surface area contributed by atoms with E-state index < -0.39 is 0 Å². The first-order chi connectivity index (χ1) is 13.5. The summed E-state index contributed by atoms with van der Waals surface area (Å²) in [5.74, 6) is 0.364. The van der Waals surface area contributed by atoms with Gasteiger partial charge in [0.15, 0.2) is 5.78 Å². The van der Waals surface area contributed by atoms with Gasteiger partial charge in [-0.2, -0.15) is 0 Å². The lowest BCUT2D eigenvalue weighted by molar-refractivity contribution is -0.134. The van der Waals surface area contributed by atoms with Gasteiger partial charge in [-0.15, -0.1) is 0 Å². The van der Waals surface area contributed by atoms with Crippen molar-refractivity contribution < 1.29 is 9.59 Å². The van der Waals surface area contributed by atoms with Crippen LogP contribution >= 0.6 is 0 Å². The highest BCUT2D eigenvalue weighted by atomic mass is 16.2. The maximum atomic E-state index is 12.7. The van der Waals surface area contributed by atoms with Gasteiger partial charge >= 0.3 is 0 Å². The molecule has 2 fully saturated rings. The van der Waals surface area contributed by atoms with Gasteiger partial charge in [-0.1, -0.05) is 6.92 Å². The monoisotopic (exact) mass is 386 g/mol. The molecule has 6 heteroatoms. The van der Waals surface area contributed by atoms with Gasteiger partial charge in [0.1, 0.15) is 0 Å². The van der Waals surface area contributed by atoms with Crippen LogP contribution in [0, 0.1) is 0 Å². The van der Waals surface area contributed by atoms with Gasteiger partial charge in [0.2, 0.25) is 5.91 Å². The molecule has 1 unspecified atom stereocenters. The van der Waals surface area contributed by atoms with Gasteiger partial charge in [-0.05, 0) is 44.5 Å². The van der Waals surface area contributed by atoms with Gasteiger partial charge in [0.25, 0.3) is 0 Å². The number of rotatable bonds is 6. The molecule has 0 saturated carbocycles. The smallest absolute Gasteiger partial charge is 0.236 e. The maximum Gasteiger partial charge on any atom is 0.236 e. The molecule has 154 valence electrons. The van der Waals surface area contributed by atoms with Gasteiger partial charge in [-0.25, -0.2) is 0 Å². The van der Waals surface area contributed by atoms with E-state index in [4.69, 9.17) is 0 Å². The van der Waals surface area contributed by atoms with Crippen molar-refractivity contribution in [3.8, 4) is 0 Å². The zero-order chi connectivity index (χ0) is 20.1. The number of carbonyl (C=O) groups is 2. The second-order valence-electron chi connectivity index (χ2n) is 8.04. The number of benzene rings is 1. The molecule has 2 aliphatic rings. The summed E-state index contributed by atoms with van der Waals surface area (Å²) < 4.78 is 0. The number of amides is 1. The molecule has 0 aromatic heterocycles. The molecule has 28 heavy (non-hydrogen) atoms. The van der Waals surface area contributed by atoms with Crippen LogP contribution < -0.4 is 4.90 Å². The fraction of sp³-hybridized carbons (Fsp3) is 0.636. The molecule has 2 aliphatic heterocycles. The molecule has 1 aromatic rings. The summed E-state index contributed by atoms with van der Waals surface area (Å²) in [6, 6.07) is 8.44. The van der Waals surface area contributed by atoms with Crippen molar-refractivity contribution in [2.24, 2.45) is 0 Å². The minimum absolute atomic E-state index is 0.0971. The molecule has 1 atom stereocenters. The number of carbonyl (C=O) groups excluding carboxylic acids is 2. The Kier molecular flexibility index (Phi) is 7.08. The molecule has 2 saturated heterocycles. The summed E-state index contributed by atoms with van der Waals surface area (Å²) in [6.07, 6.45) is 1.16. The van der Waals surface area contributed by atoms with E-state index in [9.17, 15) is 9.59 Å². The highest BCUT2D eigenvalue weighted by Gasteiger charge is 2.26. The molecular weight excluding hydrogens is 352 g/mol. The highest BCUT2D eigenvalue weighted by Crippen LogP contribution is 2.18. The van der Waals surface area contributed by atoms with Crippen molar-refractivity contribution in [1.82, 2.24) is 14.7 Å². The van der Waals surface area contributed by atoms with Crippen LogP contribution in [0.25, 0.3) is 0 Å². The molecule has 0 spiro atoms. The first kappa shape index (κ1) is 20.8. The Hall–Kier alpha value is -1.92. The zero-order valence-corrected chi connectivity index (χ0v) is 17.6. The van der Waals surface area contributed by atoms with Crippen LogP contribution in [0.5, 0.6) is 0 Å². The number of anilines is 1. The molecule has 1 amide bonds. The molecule has 6 nitrogen and oxygen atoms in total. The Morgan fingerprint density at radius 1 is 0.929 bits per heavy atom. The van der Waals surface area contributed by atoms with Crippen LogP contribution in [0.3, 0.4) is 0 Å². The van der Waals surface area contributed by atoms with Crippen molar-refractivity contribution >= 4 is 17.4 Å². The quantitative estimate of drug-likeness (QED) is 0.700. The molecule has 1 aromatic carbocycles. The van der Waals surface area contributed by atoms with Crippen molar-refractivity contribution in [1.29, 1.82) is 0 Å². The van der Waals surface area contributed by atoms with Crippen molar-refractivity contribution in [3.05, 3.63) is 29.8 Å². The Morgan fingerprint density at radius 2 is 1.54 bits per heavy atom. The third-order valence-corrected chi connectivity index (χ3v) is 6.25. The summed E-state index contributed by atoms with van der Waals surface area (Å²) in [4.78, 5) is 33.2. The number of hydrogen-bond donors (Lipinski definition) is 0. The minimum Gasteiger partial charge on any atom is -0.369 e. The van der Waals surface area contributed by atoms with Gasteiger partial charge in [0, 0.05) is 69.7 Å². The summed E-state index contributed by atoms with van der Waals surface area (Å²) in [5, 5.41) is 0. The number of nitrogens with zero attached hydrogens (tertiary/aromatic N) is 4. The summed E-state index contributed by atoms with van der Waals surface area (Å²) in [5.41, 5.74) is 1.90. The zero-order valence-electron chi connectivity index (χ0n) is 17.6. The van der Waals surface area contributed by atoms with E-state index in [0.29, 0.717) is 12.6 Å². The lowest BCUT2D eigenvalue weighted by Gasteiger charge is -2.40. The first-order valence-corrected chi connectivity index (χ1v) is 10.6. The summed E-state index contributed by atoms with van der Waals surface area (Å²) in [7, 11) is 0. The van der Waals surface area contributed by atoms with Crippen LogP contribution in [0.2, 0.25) is 0 Å². The predicted octanol–water partition coefficient (Wildman–Crippen LogP) is 1.95. The van der Waals surface area contributed by atoms with Gasteiger partial charge in [0.05, 0.1) is 6.54 Å². The maximum absolute atomic E-state index is 12.7. The number of piperazine rings is 2. The van der Waals surface area contributed by atoms with Crippen LogP contribution in [-0.4, -0.2) is 91.3 Å². The van der Waals surface area contributed by atoms with E-state index in [1.54, 1.807) is 6.92 Å². The third kappa shape index (κ3) is 5.11.